The Labute approximate surface area is 117 Å². The van der Waals surface area contributed by atoms with Crippen molar-refractivity contribution < 1.29 is 0 Å². The monoisotopic (exact) mass is 252 g/mol. The lowest BCUT2D eigenvalue weighted by Crippen LogP contribution is -1.96. The molecule has 0 N–H and O–H groups in total. The van der Waals surface area contributed by atoms with E-state index in [0.29, 0.717) is 5.41 Å². The molecule has 0 amide bonds. The highest BCUT2D eigenvalue weighted by atomic mass is 14.0. The zero-order valence-corrected chi connectivity index (χ0v) is 14.1. The summed E-state index contributed by atoms with van der Waals surface area (Å²) in [5, 5.41) is 0. The van der Waals surface area contributed by atoms with E-state index in [2.05, 4.69) is 61.3 Å². The third-order valence-electron chi connectivity index (χ3n) is 0.996. The molecule has 0 radical (unpaired) electrons. The summed E-state index contributed by atoms with van der Waals surface area (Å²) in [6.45, 7) is 27.4. The molecule has 0 aliphatic carbocycles. The fourth-order valence-electron chi connectivity index (χ4n) is 0.157. The van der Waals surface area contributed by atoms with Crippen molar-refractivity contribution in [1.82, 2.24) is 0 Å². The van der Waals surface area contributed by atoms with E-state index >= 15 is 0 Å². The van der Waals surface area contributed by atoms with Crippen molar-refractivity contribution in [3.63, 3.8) is 0 Å². The van der Waals surface area contributed by atoms with Gasteiger partial charge in [0, 0.05) is 0 Å². The molecule has 0 aromatic rings. The molecule has 0 spiro atoms. The summed E-state index contributed by atoms with van der Waals surface area (Å²) in [5.74, 6) is 0.833. The van der Waals surface area contributed by atoms with Crippen molar-refractivity contribution in [1.29, 1.82) is 0 Å². The maximum Gasteiger partial charge on any atom is -0.0206 e. The molecule has 0 rings (SSSR count). The molecule has 0 unspecified atom stereocenters. The van der Waals surface area contributed by atoms with E-state index < -0.39 is 0 Å². The van der Waals surface area contributed by atoms with Crippen LogP contribution in [0.4, 0.5) is 0 Å². The second kappa shape index (κ2) is 21.3. The molecule has 0 bridgehead atoms. The summed E-state index contributed by atoms with van der Waals surface area (Å²) in [5.41, 5.74) is 0.306. The molecule has 0 aliphatic rings. The summed E-state index contributed by atoms with van der Waals surface area (Å²) >= 11 is 0. The summed E-state index contributed by atoms with van der Waals surface area (Å²) < 4.78 is 0. The van der Waals surface area contributed by atoms with Gasteiger partial charge in [-0.3, -0.25) is 0 Å². The third-order valence-corrected chi connectivity index (χ3v) is 0.996. The average Bonchev–Trinajstić information content (AvgIpc) is 2.28. The largest absolute Gasteiger partial charge is 0.103 e. The molecule has 0 aromatic heterocycles. The Morgan fingerprint density at radius 2 is 0.944 bits per heavy atom. The lowest BCUT2D eigenvalue weighted by molar-refractivity contribution is 0.546. The van der Waals surface area contributed by atoms with E-state index in [-0.39, 0.29) is 0 Å². The quantitative estimate of drug-likeness (QED) is 0.373. The predicted molar refractivity (Wildman–Crippen MR) is 91.0 cm³/mol. The first-order valence-corrected chi connectivity index (χ1v) is 6.75. The Kier molecular flexibility index (Phi) is 30.4. The van der Waals surface area contributed by atoms with Crippen LogP contribution >= 0.6 is 0 Å². The predicted octanol–water partition coefficient (Wildman–Crippen LogP) is 6.82. The number of allylic oxidation sites excluding steroid dienone is 5. The summed E-state index contributed by atoms with van der Waals surface area (Å²) in [7, 11) is 0. The van der Waals surface area contributed by atoms with Crippen molar-refractivity contribution >= 4 is 0 Å². The van der Waals surface area contributed by atoms with Crippen LogP contribution in [0.15, 0.2) is 50.1 Å². The van der Waals surface area contributed by atoms with Gasteiger partial charge in [-0.15, -0.1) is 6.58 Å². The molecule has 108 valence electrons. The minimum absolute atomic E-state index is 0.306. The third kappa shape index (κ3) is 119. The molecule has 0 aromatic carbocycles. The molecular formula is C18H36. The minimum atomic E-state index is 0.306. The maximum absolute atomic E-state index is 3.63. The maximum atomic E-state index is 3.63. The summed E-state index contributed by atoms with van der Waals surface area (Å²) in [4.78, 5) is 0. The van der Waals surface area contributed by atoms with Gasteiger partial charge in [0.2, 0.25) is 0 Å². The Morgan fingerprint density at radius 1 is 0.778 bits per heavy atom. The Hall–Kier alpha value is -1.04. The normalized spacial score (nSPS) is 8.94. The Morgan fingerprint density at radius 3 is 1.00 bits per heavy atom. The van der Waals surface area contributed by atoms with E-state index in [1.165, 1.54) is 0 Å². The van der Waals surface area contributed by atoms with Gasteiger partial charge in [0.25, 0.3) is 0 Å². The van der Waals surface area contributed by atoms with Gasteiger partial charge in [-0.05, 0) is 11.3 Å². The smallest absolute Gasteiger partial charge is 0.0206 e. The second-order valence-electron chi connectivity index (χ2n) is 5.16. The summed E-state index contributed by atoms with van der Waals surface area (Å²) in [6.07, 6.45) is 9.01. The average molecular weight is 252 g/mol. The van der Waals surface area contributed by atoms with Crippen molar-refractivity contribution in [2.45, 2.75) is 55.4 Å². The van der Waals surface area contributed by atoms with Crippen LogP contribution in [-0.4, -0.2) is 0 Å². The highest BCUT2D eigenvalue weighted by Gasteiger charge is 1.99. The van der Waals surface area contributed by atoms with Gasteiger partial charge >= 0.3 is 0 Å². The van der Waals surface area contributed by atoms with Crippen molar-refractivity contribution in [3.8, 4) is 0 Å². The van der Waals surface area contributed by atoms with Crippen LogP contribution in [0.3, 0.4) is 0 Å². The topological polar surface area (TPSA) is 0 Å². The van der Waals surface area contributed by atoms with Crippen molar-refractivity contribution in [3.05, 3.63) is 50.1 Å². The molecule has 0 heteroatoms. The van der Waals surface area contributed by atoms with E-state index in [0.717, 1.165) is 5.92 Å². The van der Waals surface area contributed by atoms with Gasteiger partial charge in [-0.1, -0.05) is 98.9 Å². The lowest BCUT2D eigenvalue weighted by Gasteiger charge is -2.08. The van der Waals surface area contributed by atoms with Crippen LogP contribution in [0.25, 0.3) is 0 Å². The van der Waals surface area contributed by atoms with Crippen LogP contribution in [0, 0.1) is 11.3 Å². The molecule has 0 atom stereocenters. The lowest BCUT2D eigenvalue weighted by atomic mass is 9.98. The van der Waals surface area contributed by atoms with E-state index in [1.54, 1.807) is 12.2 Å². The van der Waals surface area contributed by atoms with Crippen LogP contribution in [0.2, 0.25) is 0 Å². The van der Waals surface area contributed by atoms with E-state index in [1.807, 2.05) is 32.1 Å². The van der Waals surface area contributed by atoms with E-state index in [9.17, 15) is 0 Å². The minimum Gasteiger partial charge on any atom is -0.103 e. The summed E-state index contributed by atoms with van der Waals surface area (Å²) in [6, 6.07) is 0. The van der Waals surface area contributed by atoms with Crippen LogP contribution in [0.1, 0.15) is 55.4 Å². The highest BCUT2D eigenvalue weighted by Crippen LogP contribution is 2.11. The first kappa shape index (κ1) is 25.7. The van der Waals surface area contributed by atoms with Gasteiger partial charge in [-0.2, -0.15) is 0 Å². The van der Waals surface area contributed by atoms with Crippen LogP contribution in [0.5, 0.6) is 0 Å². The van der Waals surface area contributed by atoms with Crippen molar-refractivity contribution in [2.24, 2.45) is 11.3 Å². The van der Waals surface area contributed by atoms with Gasteiger partial charge in [-0.25, -0.2) is 0 Å². The van der Waals surface area contributed by atoms with Crippen molar-refractivity contribution in [2.75, 3.05) is 0 Å². The van der Waals surface area contributed by atoms with Crippen LogP contribution < -0.4 is 0 Å². The van der Waals surface area contributed by atoms with Crippen LogP contribution in [-0.2, 0) is 0 Å². The number of hydrogen-bond acceptors (Lipinski definition) is 0. The fourth-order valence-corrected chi connectivity index (χ4v) is 0.157. The highest BCUT2D eigenvalue weighted by molar-refractivity contribution is 5.05. The Bertz CT molecular complexity index is 174. The SMILES string of the molecule is C=C/C=C\C=C.C=CC(C)(C)C.CC.CC(C)C. The van der Waals surface area contributed by atoms with Gasteiger partial charge in [0.05, 0.1) is 0 Å². The molecule has 0 aliphatic heterocycles. The van der Waals surface area contributed by atoms with Gasteiger partial charge < -0.3 is 0 Å². The molecule has 0 heterocycles. The molecular weight excluding hydrogens is 216 g/mol. The first-order valence-electron chi connectivity index (χ1n) is 6.75. The standard InChI is InChI=1S/C6H12.C6H8.C4H10.C2H6/c1-5-6(2,3)4;1-3-5-6-4-2;1-4(2)3;1-2/h5H,1H2,2-4H3;3-6H,1-2H2;4H,1-3H3;1-2H3/b;6-5-;;. The Balaban J connectivity index is -0.0000000777. The molecule has 18 heavy (non-hydrogen) atoms. The molecule has 0 saturated carbocycles. The second-order valence-corrected chi connectivity index (χ2v) is 5.16. The molecule has 0 saturated heterocycles. The molecule has 0 fully saturated rings. The van der Waals surface area contributed by atoms with E-state index in [4.69, 9.17) is 0 Å². The first-order chi connectivity index (χ1) is 8.21. The molecule has 0 nitrogen and oxygen atoms in total. The zero-order chi connectivity index (χ0) is 15.6. The fraction of sp³-hybridized carbons (Fsp3) is 0.556. The zero-order valence-electron chi connectivity index (χ0n) is 14.1. The number of rotatable bonds is 2. The van der Waals surface area contributed by atoms with Gasteiger partial charge in [0.1, 0.15) is 0 Å². The van der Waals surface area contributed by atoms with Gasteiger partial charge in [0.15, 0.2) is 0 Å². The number of hydrogen-bond donors (Lipinski definition) is 0.